The van der Waals surface area contributed by atoms with E-state index in [9.17, 15) is 0 Å². The smallest absolute Gasteiger partial charge is 0.0302 e. The number of hydrogen-bond acceptors (Lipinski definition) is 1. The molecule has 0 saturated carbocycles. The van der Waals surface area contributed by atoms with Crippen molar-refractivity contribution in [1.82, 2.24) is 4.98 Å². The second kappa shape index (κ2) is 5.00. The van der Waals surface area contributed by atoms with Crippen LogP contribution in [0.15, 0.2) is 18.5 Å². The molecule has 1 aliphatic rings. The third-order valence-corrected chi connectivity index (χ3v) is 2.56. The van der Waals surface area contributed by atoms with Gasteiger partial charge in [-0.15, -0.1) is 0 Å². The SMILES string of the molecule is CC.CC1CCCc2cnccc21. The molecule has 0 radical (unpaired) electrons. The quantitative estimate of drug-likeness (QED) is 0.590. The van der Waals surface area contributed by atoms with E-state index in [1.807, 2.05) is 26.2 Å². The van der Waals surface area contributed by atoms with Gasteiger partial charge in [0.05, 0.1) is 0 Å². The molecule has 0 spiro atoms. The Kier molecular flexibility index (Phi) is 3.94. The topological polar surface area (TPSA) is 12.9 Å². The highest BCUT2D eigenvalue weighted by molar-refractivity contribution is 5.28. The van der Waals surface area contributed by atoms with Gasteiger partial charge in [0.25, 0.3) is 0 Å². The fraction of sp³-hybridized carbons (Fsp3) is 0.583. The zero-order valence-electron chi connectivity index (χ0n) is 8.88. The Bertz CT molecular complexity index is 255. The maximum absolute atomic E-state index is 4.13. The Hall–Kier alpha value is -0.850. The van der Waals surface area contributed by atoms with Crippen molar-refractivity contribution < 1.29 is 0 Å². The molecule has 1 aromatic rings. The van der Waals surface area contributed by atoms with Crippen LogP contribution in [0.5, 0.6) is 0 Å². The lowest BCUT2D eigenvalue weighted by Crippen LogP contribution is -2.06. The van der Waals surface area contributed by atoms with Crippen molar-refractivity contribution in [3.8, 4) is 0 Å². The van der Waals surface area contributed by atoms with E-state index < -0.39 is 0 Å². The van der Waals surface area contributed by atoms with Crippen molar-refractivity contribution >= 4 is 0 Å². The lowest BCUT2D eigenvalue weighted by atomic mass is 9.85. The molecule has 0 aliphatic heterocycles. The van der Waals surface area contributed by atoms with E-state index in [-0.39, 0.29) is 0 Å². The van der Waals surface area contributed by atoms with Gasteiger partial charge in [-0.05, 0) is 42.4 Å². The van der Waals surface area contributed by atoms with Crippen LogP contribution in [0.2, 0.25) is 0 Å². The molecule has 0 saturated heterocycles. The first-order chi connectivity index (χ1) is 6.38. The van der Waals surface area contributed by atoms with Gasteiger partial charge in [-0.2, -0.15) is 0 Å². The van der Waals surface area contributed by atoms with Gasteiger partial charge in [0.2, 0.25) is 0 Å². The van der Waals surface area contributed by atoms with E-state index in [4.69, 9.17) is 0 Å². The summed E-state index contributed by atoms with van der Waals surface area (Å²) < 4.78 is 0. The van der Waals surface area contributed by atoms with Crippen LogP contribution in [0.1, 0.15) is 50.7 Å². The Morgan fingerprint density at radius 1 is 1.38 bits per heavy atom. The highest BCUT2D eigenvalue weighted by Crippen LogP contribution is 2.29. The molecule has 1 unspecified atom stereocenters. The van der Waals surface area contributed by atoms with Gasteiger partial charge in [0.1, 0.15) is 0 Å². The van der Waals surface area contributed by atoms with Gasteiger partial charge in [0, 0.05) is 12.4 Å². The molecule has 13 heavy (non-hydrogen) atoms. The maximum Gasteiger partial charge on any atom is 0.0302 e. The first kappa shape index (κ1) is 10.2. The molecule has 1 heterocycles. The molecular weight excluding hydrogens is 158 g/mol. The molecule has 0 N–H and O–H groups in total. The van der Waals surface area contributed by atoms with E-state index in [1.54, 1.807) is 0 Å². The molecule has 1 heteroatoms. The average Bonchev–Trinajstić information content (AvgIpc) is 2.22. The van der Waals surface area contributed by atoms with Crippen LogP contribution in [0.25, 0.3) is 0 Å². The van der Waals surface area contributed by atoms with Crippen LogP contribution in [0, 0.1) is 0 Å². The predicted octanol–water partition coefficient (Wildman–Crippen LogP) is 3.55. The summed E-state index contributed by atoms with van der Waals surface area (Å²) in [6.45, 7) is 6.30. The van der Waals surface area contributed by atoms with Crippen molar-refractivity contribution in [3.05, 3.63) is 29.6 Å². The maximum atomic E-state index is 4.13. The fourth-order valence-electron chi connectivity index (χ4n) is 1.88. The third-order valence-electron chi connectivity index (χ3n) is 2.56. The van der Waals surface area contributed by atoms with Gasteiger partial charge in [-0.3, -0.25) is 4.98 Å². The number of aryl methyl sites for hydroxylation is 1. The van der Waals surface area contributed by atoms with E-state index in [1.165, 1.54) is 30.4 Å². The Balaban J connectivity index is 0.000000396. The first-order valence-corrected chi connectivity index (χ1v) is 5.30. The van der Waals surface area contributed by atoms with E-state index in [0.717, 1.165) is 5.92 Å². The van der Waals surface area contributed by atoms with Crippen LogP contribution < -0.4 is 0 Å². The van der Waals surface area contributed by atoms with Crippen molar-refractivity contribution in [2.45, 2.75) is 46.0 Å². The standard InChI is InChI=1S/C10H13N.C2H6/c1-8-3-2-4-9-7-11-6-5-10(8)9;1-2/h5-8H,2-4H2,1H3;1-2H3. The number of pyridine rings is 1. The fourth-order valence-corrected chi connectivity index (χ4v) is 1.88. The monoisotopic (exact) mass is 177 g/mol. The molecule has 0 aromatic carbocycles. The predicted molar refractivity (Wildman–Crippen MR) is 56.9 cm³/mol. The van der Waals surface area contributed by atoms with E-state index in [2.05, 4.69) is 18.0 Å². The van der Waals surface area contributed by atoms with Crippen LogP contribution in [-0.4, -0.2) is 4.98 Å². The minimum atomic E-state index is 0.752. The number of rotatable bonds is 0. The van der Waals surface area contributed by atoms with Crippen LogP contribution in [0.4, 0.5) is 0 Å². The summed E-state index contributed by atoms with van der Waals surface area (Å²) in [5.41, 5.74) is 2.98. The molecule has 0 fully saturated rings. The van der Waals surface area contributed by atoms with Crippen LogP contribution in [0.3, 0.4) is 0 Å². The minimum absolute atomic E-state index is 0.752. The van der Waals surface area contributed by atoms with Crippen LogP contribution in [-0.2, 0) is 6.42 Å². The third kappa shape index (κ3) is 2.30. The highest BCUT2D eigenvalue weighted by atomic mass is 14.6. The van der Waals surface area contributed by atoms with Gasteiger partial charge < -0.3 is 0 Å². The molecule has 1 aromatic heterocycles. The first-order valence-electron chi connectivity index (χ1n) is 5.30. The summed E-state index contributed by atoms with van der Waals surface area (Å²) in [5, 5.41) is 0. The Morgan fingerprint density at radius 2 is 2.15 bits per heavy atom. The van der Waals surface area contributed by atoms with Gasteiger partial charge in [-0.1, -0.05) is 20.8 Å². The van der Waals surface area contributed by atoms with Crippen molar-refractivity contribution in [2.75, 3.05) is 0 Å². The Labute approximate surface area is 81.2 Å². The normalized spacial score (nSPS) is 19.8. The number of hydrogen-bond donors (Lipinski definition) is 0. The van der Waals surface area contributed by atoms with Crippen molar-refractivity contribution in [1.29, 1.82) is 0 Å². The zero-order chi connectivity index (χ0) is 9.68. The molecule has 1 atom stereocenters. The lowest BCUT2D eigenvalue weighted by Gasteiger charge is -2.20. The summed E-state index contributed by atoms with van der Waals surface area (Å²) in [5.74, 6) is 0.752. The minimum Gasteiger partial charge on any atom is -0.264 e. The number of nitrogens with zero attached hydrogens (tertiary/aromatic N) is 1. The number of fused-ring (bicyclic) bond motifs is 1. The van der Waals surface area contributed by atoms with Crippen LogP contribution >= 0.6 is 0 Å². The number of aromatic nitrogens is 1. The lowest BCUT2D eigenvalue weighted by molar-refractivity contribution is 0.588. The molecule has 0 bridgehead atoms. The zero-order valence-corrected chi connectivity index (χ0v) is 8.88. The summed E-state index contributed by atoms with van der Waals surface area (Å²) in [4.78, 5) is 4.13. The molecule has 1 aliphatic carbocycles. The average molecular weight is 177 g/mol. The van der Waals surface area contributed by atoms with Crippen molar-refractivity contribution in [3.63, 3.8) is 0 Å². The van der Waals surface area contributed by atoms with Gasteiger partial charge in [0.15, 0.2) is 0 Å². The summed E-state index contributed by atoms with van der Waals surface area (Å²) in [7, 11) is 0. The molecule has 72 valence electrons. The summed E-state index contributed by atoms with van der Waals surface area (Å²) >= 11 is 0. The molecule has 1 nitrogen and oxygen atoms in total. The second-order valence-electron chi connectivity index (χ2n) is 3.37. The largest absolute Gasteiger partial charge is 0.264 e. The Morgan fingerprint density at radius 3 is 2.85 bits per heavy atom. The van der Waals surface area contributed by atoms with Gasteiger partial charge >= 0.3 is 0 Å². The molecule has 2 rings (SSSR count). The van der Waals surface area contributed by atoms with E-state index in [0.29, 0.717) is 0 Å². The van der Waals surface area contributed by atoms with E-state index >= 15 is 0 Å². The highest BCUT2D eigenvalue weighted by Gasteiger charge is 2.14. The summed E-state index contributed by atoms with van der Waals surface area (Å²) in [6, 6.07) is 2.17. The second-order valence-corrected chi connectivity index (χ2v) is 3.37. The molecular formula is C12H19N. The van der Waals surface area contributed by atoms with Crippen molar-refractivity contribution in [2.24, 2.45) is 0 Å². The summed E-state index contributed by atoms with van der Waals surface area (Å²) in [6.07, 6.45) is 7.83. The molecule has 0 amide bonds. The van der Waals surface area contributed by atoms with Gasteiger partial charge in [-0.25, -0.2) is 0 Å².